The lowest BCUT2D eigenvalue weighted by molar-refractivity contribution is 0.415. The molecule has 0 aliphatic heterocycles. The van der Waals surface area contributed by atoms with Crippen LogP contribution < -0.4 is 10.0 Å². The number of rotatable bonds is 8. The molecule has 1 aromatic rings. The van der Waals surface area contributed by atoms with Crippen LogP contribution in [-0.4, -0.2) is 21.5 Å². The van der Waals surface area contributed by atoms with E-state index in [1.807, 2.05) is 13.0 Å². The van der Waals surface area contributed by atoms with Gasteiger partial charge in [0, 0.05) is 18.0 Å². The first-order valence-electron chi connectivity index (χ1n) is 6.66. The first-order valence-corrected chi connectivity index (χ1v) is 8.96. The van der Waals surface area contributed by atoms with Gasteiger partial charge in [0.15, 0.2) is 0 Å². The molecule has 0 aromatic carbocycles. The zero-order chi connectivity index (χ0) is 14.5. The van der Waals surface area contributed by atoms with Crippen molar-refractivity contribution in [3.8, 4) is 0 Å². The van der Waals surface area contributed by atoms with Crippen LogP contribution in [-0.2, 0) is 16.6 Å². The number of nitrogens with one attached hydrogen (secondary N) is 2. The molecule has 0 aliphatic carbocycles. The Kier molecular flexibility index (Phi) is 6.46. The van der Waals surface area contributed by atoms with Crippen molar-refractivity contribution in [3.63, 3.8) is 0 Å². The summed E-state index contributed by atoms with van der Waals surface area (Å²) in [6.07, 6.45) is 0. The van der Waals surface area contributed by atoms with E-state index in [1.165, 1.54) is 11.3 Å². The van der Waals surface area contributed by atoms with Crippen molar-refractivity contribution in [2.24, 2.45) is 11.8 Å². The maximum Gasteiger partial charge on any atom is 0.250 e. The molecule has 0 bridgehead atoms. The Morgan fingerprint density at radius 3 is 2.53 bits per heavy atom. The fraction of sp³-hybridized carbons (Fsp3) is 0.692. The normalized spacial score (nSPS) is 13.9. The molecule has 110 valence electrons. The average Bonchev–Trinajstić information content (AvgIpc) is 2.82. The molecule has 0 spiro atoms. The Hall–Kier alpha value is -0.430. The van der Waals surface area contributed by atoms with Gasteiger partial charge in [0.1, 0.15) is 4.21 Å². The summed E-state index contributed by atoms with van der Waals surface area (Å²) in [6.45, 7) is 10.4. The van der Waals surface area contributed by atoms with Gasteiger partial charge in [-0.1, -0.05) is 27.7 Å². The number of hydrogen-bond acceptors (Lipinski definition) is 4. The van der Waals surface area contributed by atoms with E-state index in [-0.39, 0.29) is 0 Å². The second-order valence-electron chi connectivity index (χ2n) is 5.07. The van der Waals surface area contributed by atoms with Crippen LogP contribution in [0.5, 0.6) is 0 Å². The molecule has 0 fully saturated rings. The molecule has 19 heavy (non-hydrogen) atoms. The van der Waals surface area contributed by atoms with Gasteiger partial charge in [0.05, 0.1) is 0 Å². The van der Waals surface area contributed by atoms with E-state index in [1.54, 1.807) is 6.07 Å². The van der Waals surface area contributed by atoms with Crippen LogP contribution in [0.25, 0.3) is 0 Å². The highest BCUT2D eigenvalue weighted by Gasteiger charge is 2.18. The maximum absolute atomic E-state index is 12.1. The molecule has 1 rings (SSSR count). The van der Waals surface area contributed by atoms with Gasteiger partial charge in [0.25, 0.3) is 0 Å². The molecule has 0 amide bonds. The van der Waals surface area contributed by atoms with Crippen molar-refractivity contribution in [1.82, 2.24) is 10.0 Å². The Morgan fingerprint density at radius 1 is 1.26 bits per heavy atom. The molecule has 2 N–H and O–H groups in total. The zero-order valence-electron chi connectivity index (χ0n) is 12.1. The second-order valence-corrected chi connectivity index (χ2v) is 8.24. The lowest BCUT2D eigenvalue weighted by Crippen LogP contribution is -2.29. The zero-order valence-corrected chi connectivity index (χ0v) is 13.7. The van der Waals surface area contributed by atoms with Crippen LogP contribution in [0.15, 0.2) is 16.3 Å². The van der Waals surface area contributed by atoms with Gasteiger partial charge in [-0.2, -0.15) is 0 Å². The minimum absolute atomic E-state index is 0.330. The predicted octanol–water partition coefficient (Wildman–Crippen LogP) is 2.43. The van der Waals surface area contributed by atoms with E-state index in [4.69, 9.17) is 0 Å². The van der Waals surface area contributed by atoms with Crippen molar-refractivity contribution in [2.75, 3.05) is 13.1 Å². The van der Waals surface area contributed by atoms with Crippen molar-refractivity contribution >= 4 is 21.4 Å². The highest BCUT2D eigenvalue weighted by Crippen LogP contribution is 2.21. The molecule has 0 radical (unpaired) electrons. The third-order valence-electron chi connectivity index (χ3n) is 3.18. The van der Waals surface area contributed by atoms with E-state index >= 15 is 0 Å². The topological polar surface area (TPSA) is 58.2 Å². The monoisotopic (exact) mass is 304 g/mol. The van der Waals surface area contributed by atoms with Crippen molar-refractivity contribution in [2.45, 2.75) is 38.4 Å². The van der Waals surface area contributed by atoms with E-state index < -0.39 is 10.0 Å². The molecule has 0 aliphatic rings. The maximum atomic E-state index is 12.1. The van der Waals surface area contributed by atoms with Crippen molar-refractivity contribution < 1.29 is 8.42 Å². The van der Waals surface area contributed by atoms with Crippen LogP contribution in [0, 0.1) is 11.8 Å². The summed E-state index contributed by atoms with van der Waals surface area (Å²) in [5.74, 6) is 0.798. The van der Waals surface area contributed by atoms with E-state index in [0.29, 0.717) is 22.6 Å². The Bertz CT molecular complexity index is 481. The van der Waals surface area contributed by atoms with Gasteiger partial charge >= 0.3 is 0 Å². The van der Waals surface area contributed by atoms with Gasteiger partial charge < -0.3 is 5.32 Å². The van der Waals surface area contributed by atoms with E-state index in [2.05, 4.69) is 30.8 Å². The smallest absolute Gasteiger partial charge is 0.250 e. The molecule has 0 saturated heterocycles. The number of sulfonamides is 1. The van der Waals surface area contributed by atoms with Crippen LogP contribution >= 0.6 is 11.3 Å². The average molecular weight is 304 g/mol. The van der Waals surface area contributed by atoms with Crippen molar-refractivity contribution in [3.05, 3.63) is 17.0 Å². The Balaban J connectivity index is 2.64. The van der Waals surface area contributed by atoms with Crippen LogP contribution in [0.3, 0.4) is 0 Å². The first kappa shape index (κ1) is 16.6. The summed E-state index contributed by atoms with van der Waals surface area (Å²) in [6, 6.07) is 3.55. The van der Waals surface area contributed by atoms with Gasteiger partial charge in [-0.15, -0.1) is 11.3 Å². The van der Waals surface area contributed by atoms with Crippen LogP contribution in [0.1, 0.15) is 32.6 Å². The summed E-state index contributed by atoms with van der Waals surface area (Å²) < 4.78 is 27.3. The van der Waals surface area contributed by atoms with Crippen LogP contribution in [0.4, 0.5) is 0 Å². The quantitative estimate of drug-likeness (QED) is 0.775. The van der Waals surface area contributed by atoms with Crippen molar-refractivity contribution in [1.29, 1.82) is 0 Å². The van der Waals surface area contributed by atoms with Gasteiger partial charge in [0.2, 0.25) is 10.0 Å². The summed E-state index contributed by atoms with van der Waals surface area (Å²) in [5, 5.41) is 3.19. The molecule has 1 heterocycles. The number of thiophene rings is 1. The molecule has 4 nitrogen and oxygen atoms in total. The molecule has 1 unspecified atom stereocenters. The molecular weight excluding hydrogens is 280 g/mol. The van der Waals surface area contributed by atoms with Gasteiger partial charge in [-0.3, -0.25) is 0 Å². The third kappa shape index (κ3) is 5.22. The molecular formula is C13H24N2O2S2. The van der Waals surface area contributed by atoms with Crippen LogP contribution in [0.2, 0.25) is 0 Å². The lowest BCUT2D eigenvalue weighted by atomic mass is 9.99. The summed E-state index contributed by atoms with van der Waals surface area (Å²) in [7, 11) is -3.35. The highest BCUT2D eigenvalue weighted by atomic mass is 32.2. The summed E-state index contributed by atoms with van der Waals surface area (Å²) in [4.78, 5) is 1.04. The fourth-order valence-corrected chi connectivity index (χ4v) is 3.91. The highest BCUT2D eigenvalue weighted by molar-refractivity contribution is 7.91. The summed E-state index contributed by atoms with van der Waals surface area (Å²) in [5.41, 5.74) is 0. The molecule has 1 aromatic heterocycles. The minimum Gasteiger partial charge on any atom is -0.312 e. The third-order valence-corrected chi connectivity index (χ3v) is 6.19. The number of hydrogen-bond donors (Lipinski definition) is 2. The van der Waals surface area contributed by atoms with Gasteiger partial charge in [-0.25, -0.2) is 13.1 Å². The molecule has 0 saturated carbocycles. The SMILES string of the molecule is CCNCc1ccc(S(=O)(=O)NCC(C)C(C)C)s1. The predicted molar refractivity (Wildman–Crippen MR) is 80.9 cm³/mol. The Morgan fingerprint density at radius 2 is 1.95 bits per heavy atom. The lowest BCUT2D eigenvalue weighted by Gasteiger charge is -2.15. The summed E-state index contributed by atoms with van der Waals surface area (Å²) >= 11 is 1.33. The Labute approximate surface area is 120 Å². The standard InChI is InChI=1S/C13H24N2O2S2/c1-5-14-9-12-6-7-13(18-12)19(16,17)15-8-11(4)10(2)3/h6-7,10-11,14-15H,5,8-9H2,1-4H3. The van der Waals surface area contributed by atoms with E-state index in [0.717, 1.165) is 18.0 Å². The van der Waals surface area contributed by atoms with E-state index in [9.17, 15) is 8.42 Å². The molecule has 1 atom stereocenters. The fourth-order valence-electron chi connectivity index (χ4n) is 1.39. The first-order chi connectivity index (χ1) is 8.86. The largest absolute Gasteiger partial charge is 0.312 e. The molecule has 6 heteroatoms. The van der Waals surface area contributed by atoms with Gasteiger partial charge in [-0.05, 0) is 30.5 Å². The minimum atomic E-state index is -3.35. The second kappa shape index (κ2) is 7.38.